The van der Waals surface area contributed by atoms with Crippen LogP contribution in [-0.4, -0.2) is 40.9 Å². The number of nitrogens with zero attached hydrogens (tertiary/aromatic N) is 3. The second-order valence-electron chi connectivity index (χ2n) is 4.47. The number of amides is 3. The number of rotatable bonds is 5. The molecule has 22 heavy (non-hydrogen) atoms. The molecule has 3 amide bonds. The molecule has 0 fully saturated rings. The summed E-state index contributed by atoms with van der Waals surface area (Å²) in [6.07, 6.45) is 1.70. The fourth-order valence-electron chi connectivity index (χ4n) is 1.69. The molecule has 0 unspecified atom stereocenters. The van der Waals surface area contributed by atoms with E-state index < -0.39 is 17.9 Å². The van der Waals surface area contributed by atoms with Crippen molar-refractivity contribution in [3.63, 3.8) is 0 Å². The summed E-state index contributed by atoms with van der Waals surface area (Å²) in [5.74, 6) is -0.973. The molecule has 7 heteroatoms. The number of imide groups is 1. The Morgan fingerprint density at radius 3 is 2.32 bits per heavy atom. The van der Waals surface area contributed by atoms with E-state index in [9.17, 15) is 14.4 Å². The molecule has 0 saturated heterocycles. The van der Waals surface area contributed by atoms with Crippen LogP contribution in [0.5, 0.6) is 0 Å². The first-order valence-electron chi connectivity index (χ1n) is 6.62. The molecular formula is C15H17N3O4. The third-order valence-corrected chi connectivity index (χ3v) is 2.77. The number of benzene rings is 1. The van der Waals surface area contributed by atoms with Crippen molar-refractivity contribution in [3.05, 3.63) is 35.9 Å². The van der Waals surface area contributed by atoms with Gasteiger partial charge in [0.2, 0.25) is 5.91 Å². The Labute approximate surface area is 128 Å². The van der Waals surface area contributed by atoms with Crippen LogP contribution in [0, 0.1) is 11.5 Å². The van der Waals surface area contributed by atoms with Crippen LogP contribution in [0.15, 0.2) is 30.3 Å². The lowest BCUT2D eigenvalue weighted by atomic mass is 10.2. The van der Waals surface area contributed by atoms with E-state index in [1.165, 1.54) is 13.8 Å². The molecule has 116 valence electrons. The van der Waals surface area contributed by atoms with E-state index in [0.29, 0.717) is 0 Å². The molecule has 0 N–H and O–H groups in total. The predicted octanol–water partition coefficient (Wildman–Crippen LogP) is 1.50. The van der Waals surface area contributed by atoms with Gasteiger partial charge < -0.3 is 4.74 Å². The molecule has 7 nitrogen and oxygen atoms in total. The van der Waals surface area contributed by atoms with E-state index in [1.54, 1.807) is 30.5 Å². The molecule has 0 heterocycles. The predicted molar refractivity (Wildman–Crippen MR) is 77.0 cm³/mol. The van der Waals surface area contributed by atoms with Crippen molar-refractivity contribution >= 4 is 17.9 Å². The molecule has 0 aromatic heterocycles. The molecule has 0 radical (unpaired) electrons. The van der Waals surface area contributed by atoms with E-state index in [2.05, 4.69) is 0 Å². The van der Waals surface area contributed by atoms with Crippen LogP contribution in [-0.2, 0) is 20.9 Å². The number of nitriles is 1. The number of hydrogen-bond acceptors (Lipinski definition) is 5. The monoisotopic (exact) mass is 303 g/mol. The lowest BCUT2D eigenvalue weighted by Gasteiger charge is -2.23. The molecule has 0 aliphatic carbocycles. The second-order valence-corrected chi connectivity index (χ2v) is 4.47. The lowest BCUT2D eigenvalue weighted by Crippen LogP contribution is -2.44. The second kappa shape index (κ2) is 8.42. The number of carbonyl (C=O) groups excluding carboxylic acids is 3. The standard InChI is InChI=1S/C15H17N3O4/c1-12(19)18(10-14-6-4-3-5-7-14)15(21)17(11-16)8-9-22-13(2)20/h3-7H,8-10H2,1-2H3. The molecule has 1 aromatic rings. The van der Waals surface area contributed by atoms with Gasteiger partial charge in [-0.1, -0.05) is 30.3 Å². The van der Waals surface area contributed by atoms with E-state index in [4.69, 9.17) is 10.00 Å². The summed E-state index contributed by atoms with van der Waals surface area (Å²) in [6.45, 7) is 2.35. The van der Waals surface area contributed by atoms with Crippen molar-refractivity contribution in [2.24, 2.45) is 0 Å². The van der Waals surface area contributed by atoms with Gasteiger partial charge in [-0.3, -0.25) is 14.5 Å². The molecule has 0 aliphatic heterocycles. The quantitative estimate of drug-likeness (QED) is 0.467. The van der Waals surface area contributed by atoms with Crippen LogP contribution in [0.25, 0.3) is 0 Å². The average Bonchev–Trinajstić information content (AvgIpc) is 2.49. The van der Waals surface area contributed by atoms with Crippen molar-refractivity contribution in [1.82, 2.24) is 9.80 Å². The van der Waals surface area contributed by atoms with Gasteiger partial charge in [-0.15, -0.1) is 0 Å². The maximum absolute atomic E-state index is 12.3. The Morgan fingerprint density at radius 2 is 1.82 bits per heavy atom. The number of ether oxygens (including phenoxy) is 1. The topological polar surface area (TPSA) is 90.7 Å². The lowest BCUT2D eigenvalue weighted by molar-refractivity contribution is -0.141. The molecule has 1 rings (SSSR count). The molecule has 0 saturated carbocycles. The van der Waals surface area contributed by atoms with Crippen LogP contribution in [0.1, 0.15) is 19.4 Å². The third kappa shape index (κ3) is 5.25. The third-order valence-electron chi connectivity index (χ3n) is 2.77. The largest absolute Gasteiger partial charge is 0.464 e. The van der Waals surface area contributed by atoms with Crippen LogP contribution < -0.4 is 0 Å². The summed E-state index contributed by atoms with van der Waals surface area (Å²) < 4.78 is 4.70. The number of esters is 1. The fraction of sp³-hybridized carbons (Fsp3) is 0.333. The SMILES string of the molecule is CC(=O)OCCN(C#N)C(=O)N(Cc1ccccc1)C(C)=O. The highest BCUT2D eigenvalue weighted by Gasteiger charge is 2.24. The Balaban J connectivity index is 2.76. The molecule has 0 aliphatic rings. The molecular weight excluding hydrogens is 286 g/mol. The summed E-state index contributed by atoms with van der Waals surface area (Å²) in [7, 11) is 0. The maximum Gasteiger partial charge on any atom is 0.340 e. The van der Waals surface area contributed by atoms with E-state index in [-0.39, 0.29) is 19.7 Å². The zero-order chi connectivity index (χ0) is 16.5. The average molecular weight is 303 g/mol. The van der Waals surface area contributed by atoms with Gasteiger partial charge in [-0.2, -0.15) is 5.26 Å². The highest BCUT2D eigenvalue weighted by Crippen LogP contribution is 2.08. The highest BCUT2D eigenvalue weighted by atomic mass is 16.5. The van der Waals surface area contributed by atoms with Gasteiger partial charge in [0.25, 0.3) is 0 Å². The minimum atomic E-state index is -0.744. The summed E-state index contributed by atoms with van der Waals surface area (Å²) >= 11 is 0. The summed E-state index contributed by atoms with van der Waals surface area (Å²) in [5, 5.41) is 9.04. The van der Waals surface area contributed by atoms with Gasteiger partial charge in [0, 0.05) is 13.8 Å². The van der Waals surface area contributed by atoms with Gasteiger partial charge in [0.05, 0.1) is 13.1 Å². The van der Waals surface area contributed by atoms with E-state index in [1.807, 2.05) is 6.07 Å². The van der Waals surface area contributed by atoms with Crippen molar-refractivity contribution in [2.75, 3.05) is 13.2 Å². The highest BCUT2D eigenvalue weighted by molar-refractivity contribution is 5.93. The zero-order valence-corrected chi connectivity index (χ0v) is 12.5. The van der Waals surface area contributed by atoms with Gasteiger partial charge in [-0.05, 0) is 5.56 Å². The number of hydrogen-bond donors (Lipinski definition) is 0. The summed E-state index contributed by atoms with van der Waals surface area (Å²) in [4.78, 5) is 36.4. The maximum atomic E-state index is 12.3. The van der Waals surface area contributed by atoms with E-state index in [0.717, 1.165) is 15.4 Å². The van der Waals surface area contributed by atoms with Crippen LogP contribution in [0.4, 0.5) is 4.79 Å². The first-order valence-corrected chi connectivity index (χ1v) is 6.62. The van der Waals surface area contributed by atoms with Crippen LogP contribution >= 0.6 is 0 Å². The van der Waals surface area contributed by atoms with Gasteiger partial charge in [0.15, 0.2) is 6.19 Å². The van der Waals surface area contributed by atoms with Crippen LogP contribution in [0.2, 0.25) is 0 Å². The normalized spacial score (nSPS) is 9.50. The van der Waals surface area contributed by atoms with Crippen molar-refractivity contribution in [3.8, 4) is 6.19 Å². The zero-order valence-electron chi connectivity index (χ0n) is 12.5. The number of urea groups is 1. The smallest absolute Gasteiger partial charge is 0.340 e. The van der Waals surface area contributed by atoms with Crippen molar-refractivity contribution in [2.45, 2.75) is 20.4 Å². The fourth-order valence-corrected chi connectivity index (χ4v) is 1.69. The van der Waals surface area contributed by atoms with Gasteiger partial charge in [-0.25, -0.2) is 9.69 Å². The molecule has 0 bridgehead atoms. The first kappa shape index (κ1) is 17.2. The van der Waals surface area contributed by atoms with Gasteiger partial charge >= 0.3 is 12.0 Å². The molecule has 1 aromatic carbocycles. The first-order chi connectivity index (χ1) is 10.5. The molecule has 0 spiro atoms. The minimum Gasteiger partial charge on any atom is -0.464 e. The summed E-state index contributed by atoms with van der Waals surface area (Å²) in [5.41, 5.74) is 0.768. The van der Waals surface area contributed by atoms with Crippen molar-refractivity contribution < 1.29 is 19.1 Å². The minimum absolute atomic E-state index is 0.0702. The Morgan fingerprint density at radius 1 is 1.18 bits per heavy atom. The Kier molecular flexibility index (Phi) is 6.57. The Hall–Kier alpha value is -2.88. The Bertz CT molecular complexity index is 580. The van der Waals surface area contributed by atoms with E-state index >= 15 is 0 Å². The van der Waals surface area contributed by atoms with Gasteiger partial charge in [0.1, 0.15) is 6.61 Å². The number of carbonyl (C=O) groups is 3. The van der Waals surface area contributed by atoms with Crippen molar-refractivity contribution in [1.29, 1.82) is 5.26 Å². The summed E-state index contributed by atoms with van der Waals surface area (Å²) in [6, 6.07) is 8.22. The molecule has 0 atom stereocenters. The van der Waals surface area contributed by atoms with Crippen LogP contribution in [0.3, 0.4) is 0 Å².